The number of aromatic nitrogens is 2. The number of nitro benzene ring substituents is 1. The highest BCUT2D eigenvalue weighted by molar-refractivity contribution is 9.10. The third kappa shape index (κ3) is 4.06. The number of amides is 1. The first kappa shape index (κ1) is 18.8. The van der Waals surface area contributed by atoms with E-state index >= 15 is 0 Å². The molecule has 138 valence electrons. The van der Waals surface area contributed by atoms with Gasteiger partial charge >= 0.3 is 0 Å². The minimum atomic E-state index is -0.441. The van der Waals surface area contributed by atoms with E-state index < -0.39 is 4.92 Å². The zero-order valence-corrected chi connectivity index (χ0v) is 16.3. The van der Waals surface area contributed by atoms with E-state index in [2.05, 4.69) is 21.0 Å². The van der Waals surface area contributed by atoms with Gasteiger partial charge in [0.1, 0.15) is 0 Å². The van der Waals surface area contributed by atoms with E-state index in [1.54, 1.807) is 59.4 Å². The smallest absolute Gasteiger partial charge is 0.269 e. The molecule has 0 aliphatic rings. The van der Waals surface area contributed by atoms with Crippen molar-refractivity contribution in [3.8, 4) is 5.69 Å². The highest BCUT2D eigenvalue weighted by atomic mass is 79.9. The fourth-order valence-corrected chi connectivity index (χ4v) is 3.01. The average Bonchev–Trinajstić information content (AvgIpc) is 3.13. The lowest BCUT2D eigenvalue weighted by Gasteiger charge is -2.25. The first-order valence-electron chi connectivity index (χ1n) is 8.19. The van der Waals surface area contributed by atoms with Crippen molar-refractivity contribution in [2.45, 2.75) is 13.0 Å². The molecule has 0 bridgehead atoms. The SMILES string of the molecule is CC(c1cccc([N+](=O)[O-])c1)N(C)C(=O)c1cccc(-n2cc(Br)cn2)c1. The van der Waals surface area contributed by atoms with Crippen LogP contribution in [0.4, 0.5) is 5.69 Å². The largest absolute Gasteiger partial charge is 0.335 e. The molecule has 3 aromatic rings. The highest BCUT2D eigenvalue weighted by Gasteiger charge is 2.21. The van der Waals surface area contributed by atoms with Crippen LogP contribution in [0.1, 0.15) is 28.9 Å². The Kier molecular flexibility index (Phi) is 5.36. The maximum atomic E-state index is 12.9. The fourth-order valence-electron chi connectivity index (χ4n) is 2.72. The Hall–Kier alpha value is -3.00. The van der Waals surface area contributed by atoms with Gasteiger partial charge in [-0.25, -0.2) is 4.68 Å². The van der Waals surface area contributed by atoms with Crippen molar-refractivity contribution in [1.82, 2.24) is 14.7 Å². The molecule has 0 saturated heterocycles. The van der Waals surface area contributed by atoms with Crippen molar-refractivity contribution in [3.63, 3.8) is 0 Å². The molecule has 2 aromatic carbocycles. The van der Waals surface area contributed by atoms with Gasteiger partial charge in [0.15, 0.2) is 0 Å². The molecule has 1 atom stereocenters. The quantitative estimate of drug-likeness (QED) is 0.446. The molecule has 3 rings (SSSR count). The minimum Gasteiger partial charge on any atom is -0.335 e. The second-order valence-electron chi connectivity index (χ2n) is 6.10. The van der Waals surface area contributed by atoms with Gasteiger partial charge in [0, 0.05) is 30.9 Å². The summed E-state index contributed by atoms with van der Waals surface area (Å²) in [6.07, 6.45) is 3.48. The lowest BCUT2D eigenvalue weighted by molar-refractivity contribution is -0.384. The number of carbonyl (C=O) groups is 1. The van der Waals surface area contributed by atoms with E-state index in [-0.39, 0.29) is 17.6 Å². The van der Waals surface area contributed by atoms with Crippen LogP contribution in [0.25, 0.3) is 5.69 Å². The number of rotatable bonds is 5. The van der Waals surface area contributed by atoms with Crippen LogP contribution in [-0.2, 0) is 0 Å². The molecule has 1 unspecified atom stereocenters. The van der Waals surface area contributed by atoms with Crippen LogP contribution in [0.15, 0.2) is 65.4 Å². The molecule has 0 spiro atoms. The zero-order valence-electron chi connectivity index (χ0n) is 14.7. The van der Waals surface area contributed by atoms with Gasteiger partial charge in [0.25, 0.3) is 11.6 Å². The third-order valence-electron chi connectivity index (χ3n) is 4.37. The maximum Gasteiger partial charge on any atom is 0.269 e. The Bertz CT molecular complexity index is 1000. The van der Waals surface area contributed by atoms with Crippen LogP contribution < -0.4 is 0 Å². The summed E-state index contributed by atoms with van der Waals surface area (Å²) < 4.78 is 2.51. The standard InChI is InChI=1S/C19H17BrN4O3/c1-13(14-5-3-8-18(9-14)24(26)27)22(2)19(25)15-6-4-7-17(10-15)23-12-16(20)11-21-23/h3-13H,1-2H3. The van der Waals surface area contributed by atoms with Gasteiger partial charge in [0.2, 0.25) is 0 Å². The number of hydrogen-bond donors (Lipinski definition) is 0. The topological polar surface area (TPSA) is 81.3 Å². The molecule has 8 heteroatoms. The van der Waals surface area contributed by atoms with Crippen molar-refractivity contribution >= 4 is 27.5 Å². The Balaban J connectivity index is 1.85. The monoisotopic (exact) mass is 428 g/mol. The van der Waals surface area contributed by atoms with E-state index in [4.69, 9.17) is 0 Å². The Labute approximate surface area is 164 Å². The van der Waals surface area contributed by atoms with E-state index in [0.29, 0.717) is 11.1 Å². The lowest BCUT2D eigenvalue weighted by Crippen LogP contribution is -2.29. The van der Waals surface area contributed by atoms with Crippen molar-refractivity contribution in [3.05, 3.63) is 86.6 Å². The van der Waals surface area contributed by atoms with Crippen LogP contribution in [0.3, 0.4) is 0 Å². The molecule has 1 aromatic heterocycles. The number of halogens is 1. The minimum absolute atomic E-state index is 0.00598. The fraction of sp³-hybridized carbons (Fsp3) is 0.158. The Morgan fingerprint density at radius 1 is 1.26 bits per heavy atom. The summed E-state index contributed by atoms with van der Waals surface area (Å²) >= 11 is 3.35. The average molecular weight is 429 g/mol. The van der Waals surface area contributed by atoms with Crippen LogP contribution in [0.5, 0.6) is 0 Å². The molecule has 0 radical (unpaired) electrons. The maximum absolute atomic E-state index is 12.9. The normalized spacial score (nSPS) is 11.8. The summed E-state index contributed by atoms with van der Waals surface area (Å²) in [5.74, 6) is -0.179. The lowest BCUT2D eigenvalue weighted by atomic mass is 10.1. The first-order valence-corrected chi connectivity index (χ1v) is 8.98. The number of nitrogens with zero attached hydrogens (tertiary/aromatic N) is 4. The zero-order chi connectivity index (χ0) is 19.6. The van der Waals surface area contributed by atoms with Crippen LogP contribution >= 0.6 is 15.9 Å². The Morgan fingerprint density at radius 3 is 2.67 bits per heavy atom. The van der Waals surface area contributed by atoms with Gasteiger partial charge in [-0.05, 0) is 46.6 Å². The molecule has 1 heterocycles. The summed E-state index contributed by atoms with van der Waals surface area (Å²) in [5, 5.41) is 15.2. The highest BCUT2D eigenvalue weighted by Crippen LogP contribution is 2.25. The molecule has 27 heavy (non-hydrogen) atoms. The molecular weight excluding hydrogens is 412 g/mol. The molecule has 7 nitrogen and oxygen atoms in total. The molecule has 1 amide bonds. The first-order chi connectivity index (χ1) is 12.9. The molecular formula is C19H17BrN4O3. The second-order valence-corrected chi connectivity index (χ2v) is 7.01. The number of nitro groups is 1. The second kappa shape index (κ2) is 7.71. The van der Waals surface area contributed by atoms with Gasteiger partial charge < -0.3 is 4.90 Å². The summed E-state index contributed by atoms with van der Waals surface area (Å²) in [6.45, 7) is 1.84. The van der Waals surface area contributed by atoms with Gasteiger partial charge in [0.05, 0.1) is 27.3 Å². The summed E-state index contributed by atoms with van der Waals surface area (Å²) in [4.78, 5) is 25.0. The number of carbonyl (C=O) groups excluding carboxylic acids is 1. The number of hydrogen-bond acceptors (Lipinski definition) is 4. The van der Waals surface area contributed by atoms with E-state index in [1.807, 2.05) is 13.0 Å². The van der Waals surface area contributed by atoms with E-state index in [9.17, 15) is 14.9 Å². The Morgan fingerprint density at radius 2 is 2.00 bits per heavy atom. The number of benzene rings is 2. The number of non-ortho nitro benzene ring substituents is 1. The van der Waals surface area contributed by atoms with Crippen LogP contribution in [0, 0.1) is 10.1 Å². The third-order valence-corrected chi connectivity index (χ3v) is 4.78. The van der Waals surface area contributed by atoms with Gasteiger partial charge in [-0.2, -0.15) is 5.10 Å². The van der Waals surface area contributed by atoms with Crippen molar-refractivity contribution < 1.29 is 9.72 Å². The molecule has 0 fully saturated rings. The van der Waals surface area contributed by atoms with Crippen LogP contribution in [-0.4, -0.2) is 32.6 Å². The predicted octanol–water partition coefficient (Wildman–Crippen LogP) is 4.38. The van der Waals surface area contributed by atoms with Gasteiger partial charge in [-0.1, -0.05) is 18.2 Å². The van der Waals surface area contributed by atoms with E-state index in [1.165, 1.54) is 12.1 Å². The van der Waals surface area contributed by atoms with Crippen LogP contribution in [0.2, 0.25) is 0 Å². The predicted molar refractivity (Wildman–Crippen MR) is 105 cm³/mol. The van der Waals surface area contributed by atoms with Gasteiger partial charge in [-0.3, -0.25) is 14.9 Å². The molecule has 0 saturated carbocycles. The van der Waals surface area contributed by atoms with Crippen molar-refractivity contribution in [2.75, 3.05) is 7.05 Å². The summed E-state index contributed by atoms with van der Waals surface area (Å²) in [5.41, 5.74) is 1.99. The molecule has 0 aliphatic heterocycles. The molecule has 0 aliphatic carbocycles. The van der Waals surface area contributed by atoms with E-state index in [0.717, 1.165) is 10.2 Å². The molecule has 0 N–H and O–H groups in total. The van der Waals surface area contributed by atoms with Gasteiger partial charge in [-0.15, -0.1) is 0 Å². The van der Waals surface area contributed by atoms with Crippen molar-refractivity contribution in [1.29, 1.82) is 0 Å². The summed E-state index contributed by atoms with van der Waals surface area (Å²) in [6, 6.07) is 13.2. The summed E-state index contributed by atoms with van der Waals surface area (Å²) in [7, 11) is 1.68. The van der Waals surface area contributed by atoms with Crippen molar-refractivity contribution in [2.24, 2.45) is 0 Å².